The second kappa shape index (κ2) is 8.03. The zero-order valence-corrected chi connectivity index (χ0v) is 18.5. The number of carboxylic acid groups (broad SMARTS) is 1. The number of benzene rings is 2. The normalized spacial score (nSPS) is 19.9. The Morgan fingerprint density at radius 3 is 2.54 bits per heavy atom. The summed E-state index contributed by atoms with van der Waals surface area (Å²) in [4.78, 5) is 31.9. The van der Waals surface area contributed by atoms with Gasteiger partial charge in [-0.05, 0) is 32.0 Å². The fraction of sp³-hybridized carbons (Fsp3) is 0.273. The van der Waals surface area contributed by atoms with Gasteiger partial charge in [0.15, 0.2) is 5.82 Å². The molecule has 2 heterocycles. The summed E-state index contributed by atoms with van der Waals surface area (Å²) in [5, 5.41) is 11.7. The minimum atomic E-state index is -5.09. The SMILES string of the molecule is Cc1nc2ccc(F)c(C(F)(F)F)c2n1-c1cccc([C@]2(C)CC(=O)N(C)/C(=N/C(=O)O)N2)c1F. The highest BCUT2D eigenvalue weighted by Gasteiger charge is 2.42. The first kappa shape index (κ1) is 24.1. The maximum absolute atomic E-state index is 16.0. The molecular formula is C22H18F5N5O3. The van der Waals surface area contributed by atoms with Gasteiger partial charge in [-0.25, -0.2) is 18.6 Å². The third-order valence-electron chi connectivity index (χ3n) is 5.82. The van der Waals surface area contributed by atoms with E-state index in [9.17, 15) is 27.2 Å². The highest BCUT2D eigenvalue weighted by atomic mass is 19.4. The van der Waals surface area contributed by atoms with Crippen LogP contribution in [-0.4, -0.2) is 44.6 Å². The number of aryl methyl sites for hydroxylation is 1. The molecule has 2 amide bonds. The van der Waals surface area contributed by atoms with E-state index in [1.54, 1.807) is 0 Å². The zero-order valence-electron chi connectivity index (χ0n) is 18.5. The number of imidazole rings is 1. The van der Waals surface area contributed by atoms with Crippen molar-refractivity contribution in [2.75, 3.05) is 7.05 Å². The van der Waals surface area contributed by atoms with Crippen LogP contribution in [0, 0.1) is 18.6 Å². The molecule has 8 nitrogen and oxygen atoms in total. The molecule has 1 fully saturated rings. The molecule has 1 atom stereocenters. The van der Waals surface area contributed by atoms with Gasteiger partial charge in [-0.2, -0.15) is 13.2 Å². The van der Waals surface area contributed by atoms with E-state index in [1.807, 2.05) is 0 Å². The van der Waals surface area contributed by atoms with Crippen molar-refractivity contribution < 1.29 is 36.6 Å². The Labute approximate surface area is 194 Å². The number of nitrogens with zero attached hydrogens (tertiary/aromatic N) is 4. The predicted octanol–water partition coefficient (Wildman–Crippen LogP) is 4.33. The zero-order chi connectivity index (χ0) is 25.9. The number of carbonyl (C=O) groups is 2. The molecule has 0 bridgehead atoms. The fourth-order valence-electron chi connectivity index (χ4n) is 4.21. The maximum Gasteiger partial charge on any atom is 0.434 e. The highest BCUT2D eigenvalue weighted by molar-refractivity contribution is 6.03. The van der Waals surface area contributed by atoms with E-state index in [-0.39, 0.29) is 35.0 Å². The molecule has 0 radical (unpaired) electrons. The third kappa shape index (κ3) is 3.96. The number of hydrogen-bond acceptors (Lipinski definition) is 3. The Kier molecular flexibility index (Phi) is 5.53. The van der Waals surface area contributed by atoms with E-state index >= 15 is 4.39 Å². The van der Waals surface area contributed by atoms with Crippen molar-refractivity contribution in [2.45, 2.75) is 32.0 Å². The molecule has 184 valence electrons. The van der Waals surface area contributed by atoms with Gasteiger partial charge in [-0.1, -0.05) is 12.1 Å². The van der Waals surface area contributed by atoms with Crippen LogP contribution in [-0.2, 0) is 16.5 Å². The molecule has 1 aliphatic heterocycles. The first-order chi connectivity index (χ1) is 16.2. The fourth-order valence-corrected chi connectivity index (χ4v) is 4.21. The minimum absolute atomic E-state index is 0.0298. The molecule has 2 N–H and O–H groups in total. The first-order valence-electron chi connectivity index (χ1n) is 10.1. The van der Waals surface area contributed by atoms with Gasteiger partial charge < -0.3 is 10.4 Å². The van der Waals surface area contributed by atoms with Crippen LogP contribution in [0.4, 0.5) is 26.7 Å². The standard InChI is InChI=1S/C22H18F5N5O3/c1-10-28-13-8-7-12(23)16(22(25,26)27)18(13)32(10)14-6-4-5-11(17(14)24)21(2)9-15(33)31(3)19(30-21)29-20(34)35/h4-8H,9H2,1-3H3,(H,29,30)(H,34,35)/t21-/m0/s1. The number of fused-ring (bicyclic) bond motifs is 1. The molecule has 13 heteroatoms. The number of alkyl halides is 3. The molecule has 1 aromatic heterocycles. The third-order valence-corrected chi connectivity index (χ3v) is 5.82. The maximum atomic E-state index is 16.0. The van der Waals surface area contributed by atoms with Crippen molar-refractivity contribution in [1.82, 2.24) is 19.8 Å². The van der Waals surface area contributed by atoms with Crippen LogP contribution in [0.2, 0.25) is 0 Å². The minimum Gasteiger partial charge on any atom is -0.463 e. The van der Waals surface area contributed by atoms with Crippen LogP contribution in [0.15, 0.2) is 35.3 Å². The molecule has 1 saturated heterocycles. The van der Waals surface area contributed by atoms with Gasteiger partial charge in [-0.15, -0.1) is 4.99 Å². The van der Waals surface area contributed by atoms with E-state index in [0.29, 0.717) is 6.07 Å². The van der Waals surface area contributed by atoms with Crippen molar-refractivity contribution in [2.24, 2.45) is 4.99 Å². The molecule has 0 spiro atoms. The van der Waals surface area contributed by atoms with Crippen molar-refractivity contribution >= 4 is 29.0 Å². The molecule has 4 rings (SSSR count). The lowest BCUT2D eigenvalue weighted by Crippen LogP contribution is -2.59. The summed E-state index contributed by atoms with van der Waals surface area (Å²) in [7, 11) is 1.29. The lowest BCUT2D eigenvalue weighted by Gasteiger charge is -2.40. The van der Waals surface area contributed by atoms with Gasteiger partial charge in [0.25, 0.3) is 0 Å². The summed E-state index contributed by atoms with van der Waals surface area (Å²) in [5.41, 5.74) is -4.42. The van der Waals surface area contributed by atoms with Crippen molar-refractivity contribution in [3.63, 3.8) is 0 Å². The van der Waals surface area contributed by atoms with Crippen LogP contribution in [0.25, 0.3) is 16.7 Å². The smallest absolute Gasteiger partial charge is 0.434 e. The van der Waals surface area contributed by atoms with Crippen LogP contribution in [0.3, 0.4) is 0 Å². The van der Waals surface area contributed by atoms with E-state index in [4.69, 9.17) is 5.11 Å². The van der Waals surface area contributed by atoms with Gasteiger partial charge in [0.05, 0.1) is 28.7 Å². The summed E-state index contributed by atoms with van der Waals surface area (Å²) in [6.07, 6.45) is -6.99. The number of rotatable bonds is 2. The molecule has 0 aliphatic carbocycles. The average molecular weight is 495 g/mol. The van der Waals surface area contributed by atoms with Crippen LogP contribution < -0.4 is 5.32 Å². The van der Waals surface area contributed by atoms with E-state index in [0.717, 1.165) is 15.5 Å². The molecule has 2 aromatic carbocycles. The Hall–Kier alpha value is -4.03. The lowest BCUT2D eigenvalue weighted by molar-refractivity contribution is -0.138. The van der Waals surface area contributed by atoms with Crippen molar-refractivity contribution in [3.8, 4) is 5.69 Å². The average Bonchev–Trinajstić information content (AvgIpc) is 3.06. The Morgan fingerprint density at radius 2 is 1.91 bits per heavy atom. The van der Waals surface area contributed by atoms with E-state index in [1.165, 1.54) is 39.1 Å². The highest BCUT2D eigenvalue weighted by Crippen LogP contribution is 2.40. The molecule has 0 unspecified atom stereocenters. The van der Waals surface area contributed by atoms with Crippen molar-refractivity contribution in [1.29, 1.82) is 0 Å². The van der Waals surface area contributed by atoms with Gasteiger partial charge in [0.2, 0.25) is 11.9 Å². The van der Waals surface area contributed by atoms with Crippen LogP contribution in [0.5, 0.6) is 0 Å². The van der Waals surface area contributed by atoms with Crippen LogP contribution >= 0.6 is 0 Å². The van der Waals surface area contributed by atoms with E-state index in [2.05, 4.69) is 15.3 Å². The van der Waals surface area contributed by atoms with Gasteiger partial charge >= 0.3 is 12.3 Å². The summed E-state index contributed by atoms with van der Waals surface area (Å²) < 4.78 is 72.4. The van der Waals surface area contributed by atoms with E-state index < -0.39 is 46.4 Å². The Balaban J connectivity index is 1.95. The number of amides is 2. The first-order valence-corrected chi connectivity index (χ1v) is 10.1. The monoisotopic (exact) mass is 495 g/mol. The lowest BCUT2D eigenvalue weighted by atomic mass is 9.86. The number of nitrogens with one attached hydrogen (secondary N) is 1. The second-order valence-electron chi connectivity index (χ2n) is 8.23. The molecule has 0 saturated carbocycles. The quantitative estimate of drug-likeness (QED) is 0.516. The van der Waals surface area contributed by atoms with Crippen molar-refractivity contribution in [3.05, 3.63) is 58.9 Å². The molecule has 3 aromatic rings. The Morgan fingerprint density at radius 1 is 1.23 bits per heavy atom. The molecule has 35 heavy (non-hydrogen) atoms. The number of halogens is 5. The number of guanidine groups is 1. The number of aliphatic imine (C=N–C) groups is 1. The summed E-state index contributed by atoms with van der Waals surface area (Å²) in [6.45, 7) is 2.78. The number of aromatic nitrogens is 2. The predicted molar refractivity (Wildman–Crippen MR) is 114 cm³/mol. The number of carbonyl (C=O) groups excluding carboxylic acids is 1. The van der Waals surface area contributed by atoms with Gasteiger partial charge in [-0.3, -0.25) is 14.3 Å². The molecule has 1 aliphatic rings. The molecular weight excluding hydrogens is 477 g/mol. The van der Waals surface area contributed by atoms with Gasteiger partial charge in [0, 0.05) is 12.6 Å². The van der Waals surface area contributed by atoms with Crippen LogP contribution in [0.1, 0.15) is 30.3 Å². The Bertz CT molecular complexity index is 1410. The van der Waals surface area contributed by atoms with Gasteiger partial charge in [0.1, 0.15) is 17.2 Å². The number of hydrogen-bond donors (Lipinski definition) is 2. The summed E-state index contributed by atoms with van der Waals surface area (Å²) in [6, 6.07) is 5.58. The second-order valence-corrected chi connectivity index (χ2v) is 8.23. The summed E-state index contributed by atoms with van der Waals surface area (Å²) in [5.74, 6) is -3.48. The largest absolute Gasteiger partial charge is 0.463 e. The summed E-state index contributed by atoms with van der Waals surface area (Å²) >= 11 is 0. The topological polar surface area (TPSA) is 99.8 Å².